The fraction of sp³-hybridized carbons (Fsp3) is 0.125. The van der Waals surface area contributed by atoms with Gasteiger partial charge in [0, 0.05) is 22.8 Å². The molecule has 7 heteroatoms. The normalized spacial score (nSPS) is 10.0. The molecule has 23 heavy (non-hydrogen) atoms. The van der Waals surface area contributed by atoms with Crippen LogP contribution < -0.4 is 15.4 Å². The highest BCUT2D eigenvalue weighted by Crippen LogP contribution is 2.21. The topological polar surface area (TPSA) is 67.4 Å². The molecule has 2 aromatic carbocycles. The number of nitrogens with one attached hydrogen (secondary N) is 2. The highest BCUT2D eigenvalue weighted by atomic mass is 79.9. The molecule has 0 saturated heterocycles. The molecule has 0 aliphatic carbocycles. The molecule has 0 aliphatic heterocycles. The Morgan fingerprint density at radius 1 is 1.09 bits per heavy atom. The first kappa shape index (κ1) is 17.0. The van der Waals surface area contributed by atoms with Crippen LogP contribution >= 0.6 is 15.9 Å². The molecule has 2 aromatic rings. The average Bonchev–Trinajstić information content (AvgIpc) is 2.48. The van der Waals surface area contributed by atoms with Gasteiger partial charge in [-0.25, -0.2) is 4.39 Å². The van der Waals surface area contributed by atoms with Gasteiger partial charge in [-0.3, -0.25) is 9.59 Å². The predicted octanol–water partition coefficient (Wildman–Crippen LogP) is 3.56. The minimum atomic E-state index is -0.549. The number of hydrogen-bond donors (Lipinski definition) is 2. The first-order chi connectivity index (χ1) is 10.9. The van der Waals surface area contributed by atoms with Crippen LogP contribution in [0.2, 0.25) is 0 Å². The Bertz CT molecular complexity index is 720. The van der Waals surface area contributed by atoms with Crippen molar-refractivity contribution in [1.29, 1.82) is 0 Å². The minimum absolute atomic E-state index is 0.00403. The lowest BCUT2D eigenvalue weighted by atomic mass is 10.2. The fourth-order valence-electron chi connectivity index (χ4n) is 1.77. The minimum Gasteiger partial charge on any atom is -0.481 e. The molecule has 0 radical (unpaired) electrons. The molecule has 0 atom stereocenters. The number of carbonyl (C=O) groups is 2. The molecular weight excluding hydrogens is 367 g/mol. The Balaban J connectivity index is 1.88. The third-order valence-corrected chi connectivity index (χ3v) is 3.23. The molecule has 2 amide bonds. The fourth-order valence-corrected chi connectivity index (χ4v) is 2.11. The molecule has 0 aromatic heterocycles. The van der Waals surface area contributed by atoms with Crippen molar-refractivity contribution in [2.75, 3.05) is 17.2 Å². The smallest absolute Gasteiger partial charge is 0.262 e. The third-order valence-electron chi connectivity index (χ3n) is 2.74. The summed E-state index contributed by atoms with van der Waals surface area (Å²) in [6.07, 6.45) is 0. The largest absolute Gasteiger partial charge is 0.481 e. The summed E-state index contributed by atoms with van der Waals surface area (Å²) in [7, 11) is 0. The van der Waals surface area contributed by atoms with Gasteiger partial charge in [0.05, 0.1) is 0 Å². The predicted molar refractivity (Wildman–Crippen MR) is 89.0 cm³/mol. The van der Waals surface area contributed by atoms with Crippen molar-refractivity contribution in [3.05, 3.63) is 52.8 Å². The Hall–Kier alpha value is -2.41. The number of halogens is 2. The molecular formula is C16H14BrFN2O3. The Labute approximate surface area is 141 Å². The summed E-state index contributed by atoms with van der Waals surface area (Å²) in [6, 6.07) is 10.9. The van der Waals surface area contributed by atoms with Gasteiger partial charge < -0.3 is 15.4 Å². The van der Waals surface area contributed by atoms with Crippen LogP contribution in [0.25, 0.3) is 0 Å². The molecule has 2 N–H and O–H groups in total. The van der Waals surface area contributed by atoms with E-state index in [1.165, 1.54) is 19.1 Å². The van der Waals surface area contributed by atoms with Crippen LogP contribution in [0.15, 0.2) is 46.9 Å². The van der Waals surface area contributed by atoms with E-state index in [4.69, 9.17) is 4.74 Å². The van der Waals surface area contributed by atoms with Gasteiger partial charge in [-0.1, -0.05) is 15.9 Å². The number of anilines is 2. The highest BCUT2D eigenvalue weighted by molar-refractivity contribution is 9.10. The van der Waals surface area contributed by atoms with Crippen LogP contribution in [0, 0.1) is 5.82 Å². The molecule has 120 valence electrons. The molecule has 0 heterocycles. The van der Waals surface area contributed by atoms with Crippen LogP contribution in [0.4, 0.5) is 15.8 Å². The first-order valence-electron chi connectivity index (χ1n) is 6.69. The summed E-state index contributed by atoms with van der Waals surface area (Å²) < 4.78 is 19.3. The van der Waals surface area contributed by atoms with Crippen molar-refractivity contribution in [3.63, 3.8) is 0 Å². The van der Waals surface area contributed by atoms with Crippen molar-refractivity contribution in [3.8, 4) is 5.75 Å². The SMILES string of the molecule is CC(=O)Nc1ccc(NC(=O)COc2ccc(Br)cc2F)cc1. The molecule has 5 nitrogen and oxygen atoms in total. The van der Waals surface area contributed by atoms with E-state index in [9.17, 15) is 14.0 Å². The van der Waals surface area contributed by atoms with E-state index in [-0.39, 0.29) is 18.3 Å². The van der Waals surface area contributed by atoms with Gasteiger partial charge in [-0.05, 0) is 42.5 Å². The average molecular weight is 381 g/mol. The maximum atomic E-state index is 13.6. The first-order valence-corrected chi connectivity index (χ1v) is 7.48. The number of ether oxygens (including phenoxy) is 1. The van der Waals surface area contributed by atoms with Gasteiger partial charge in [-0.15, -0.1) is 0 Å². The lowest BCUT2D eigenvalue weighted by Gasteiger charge is -2.09. The zero-order valence-corrected chi connectivity index (χ0v) is 13.8. The molecule has 0 spiro atoms. The van der Waals surface area contributed by atoms with E-state index < -0.39 is 11.7 Å². The monoisotopic (exact) mass is 380 g/mol. The summed E-state index contributed by atoms with van der Waals surface area (Å²) in [5.41, 5.74) is 1.17. The van der Waals surface area contributed by atoms with Crippen LogP contribution in [0.3, 0.4) is 0 Å². The quantitative estimate of drug-likeness (QED) is 0.832. The number of carbonyl (C=O) groups excluding carboxylic acids is 2. The molecule has 0 unspecified atom stereocenters. The Morgan fingerprint density at radius 3 is 2.26 bits per heavy atom. The van der Waals surface area contributed by atoms with Crippen LogP contribution in [0.5, 0.6) is 5.75 Å². The Morgan fingerprint density at radius 2 is 1.70 bits per heavy atom. The number of rotatable bonds is 5. The van der Waals surface area contributed by atoms with Crippen LogP contribution in [-0.4, -0.2) is 18.4 Å². The van der Waals surface area contributed by atoms with E-state index in [0.717, 1.165) is 0 Å². The van der Waals surface area contributed by atoms with Crippen LogP contribution in [-0.2, 0) is 9.59 Å². The zero-order chi connectivity index (χ0) is 16.8. The molecule has 0 fully saturated rings. The van der Waals surface area contributed by atoms with Crippen molar-refractivity contribution in [2.24, 2.45) is 0 Å². The molecule has 0 aliphatic rings. The third kappa shape index (κ3) is 5.37. The summed E-state index contributed by atoms with van der Waals surface area (Å²) in [4.78, 5) is 22.7. The highest BCUT2D eigenvalue weighted by Gasteiger charge is 2.08. The van der Waals surface area contributed by atoms with Gasteiger partial charge in [0.25, 0.3) is 5.91 Å². The summed E-state index contributed by atoms with van der Waals surface area (Å²) in [5, 5.41) is 5.24. The van der Waals surface area contributed by atoms with E-state index in [2.05, 4.69) is 26.6 Å². The van der Waals surface area contributed by atoms with Gasteiger partial charge >= 0.3 is 0 Å². The number of benzene rings is 2. The standard InChI is InChI=1S/C16H14BrFN2O3/c1-10(21)19-12-3-5-13(6-4-12)20-16(22)9-23-15-7-2-11(17)8-14(15)18/h2-8H,9H2,1H3,(H,19,21)(H,20,22). The van der Waals surface area contributed by atoms with Crippen molar-refractivity contribution >= 4 is 39.1 Å². The number of amides is 2. The lowest BCUT2D eigenvalue weighted by molar-refractivity contribution is -0.118. The second-order valence-electron chi connectivity index (χ2n) is 4.67. The van der Waals surface area contributed by atoms with Crippen molar-refractivity contribution < 1.29 is 18.7 Å². The maximum Gasteiger partial charge on any atom is 0.262 e. The van der Waals surface area contributed by atoms with Gasteiger partial charge in [-0.2, -0.15) is 0 Å². The molecule has 0 saturated carbocycles. The Kier molecular flexibility index (Phi) is 5.70. The van der Waals surface area contributed by atoms with Gasteiger partial charge in [0.1, 0.15) is 0 Å². The summed E-state index contributed by atoms with van der Waals surface area (Å²) in [6.45, 7) is 1.10. The summed E-state index contributed by atoms with van der Waals surface area (Å²) in [5.74, 6) is -1.14. The molecule has 0 bridgehead atoms. The molecule has 2 rings (SSSR count). The number of hydrogen-bond acceptors (Lipinski definition) is 3. The van der Waals surface area contributed by atoms with Crippen molar-refractivity contribution in [2.45, 2.75) is 6.92 Å². The lowest BCUT2D eigenvalue weighted by Crippen LogP contribution is -2.20. The second kappa shape index (κ2) is 7.73. The summed E-state index contributed by atoms with van der Waals surface area (Å²) >= 11 is 3.14. The van der Waals surface area contributed by atoms with E-state index in [1.54, 1.807) is 30.3 Å². The van der Waals surface area contributed by atoms with E-state index >= 15 is 0 Å². The van der Waals surface area contributed by atoms with Gasteiger partial charge in [0.2, 0.25) is 5.91 Å². The zero-order valence-electron chi connectivity index (χ0n) is 12.2. The van der Waals surface area contributed by atoms with Gasteiger partial charge in [0.15, 0.2) is 18.2 Å². The second-order valence-corrected chi connectivity index (χ2v) is 5.59. The van der Waals surface area contributed by atoms with Crippen molar-refractivity contribution in [1.82, 2.24) is 0 Å². The van der Waals surface area contributed by atoms with E-state index in [1.807, 2.05) is 0 Å². The van der Waals surface area contributed by atoms with E-state index in [0.29, 0.717) is 15.8 Å². The maximum absolute atomic E-state index is 13.6. The van der Waals surface area contributed by atoms with Crippen LogP contribution in [0.1, 0.15) is 6.92 Å².